The predicted molar refractivity (Wildman–Crippen MR) is 228 cm³/mol. The highest BCUT2D eigenvalue weighted by atomic mass is 16.5. The number of rotatable bonds is 2. The van der Waals surface area contributed by atoms with Crippen LogP contribution in [0.4, 0.5) is 0 Å². The van der Waals surface area contributed by atoms with Crippen molar-refractivity contribution in [3.8, 4) is 39.4 Å². The summed E-state index contributed by atoms with van der Waals surface area (Å²) >= 11 is 0. The van der Waals surface area contributed by atoms with Gasteiger partial charge in [0.15, 0.2) is 0 Å². The smallest absolute Gasteiger partial charge is 0.135 e. The number of hydrogen-bond donors (Lipinski definition) is 0. The third-order valence-electron chi connectivity index (χ3n) is 12.5. The Kier molecular flexibility index (Phi) is 5.83. The van der Waals surface area contributed by atoms with E-state index in [4.69, 9.17) is 9.15 Å². The second-order valence-corrected chi connectivity index (χ2v) is 15.2. The molecule has 0 atom stereocenters. The largest absolute Gasteiger partial charge is 0.457 e. The molecule has 0 saturated carbocycles. The van der Waals surface area contributed by atoms with E-state index in [2.05, 4.69) is 180 Å². The Bertz CT molecular complexity index is 3430. The monoisotopic (exact) mass is 713 g/mol. The van der Waals surface area contributed by atoms with E-state index in [0.717, 1.165) is 39.1 Å². The number of aromatic nitrogens is 1. The molecular weight excluding hydrogens is 683 g/mol. The third kappa shape index (κ3) is 3.81. The zero-order chi connectivity index (χ0) is 36.5. The van der Waals surface area contributed by atoms with Crippen LogP contribution in [0, 0.1) is 0 Å². The van der Waals surface area contributed by atoms with Crippen LogP contribution in [0.5, 0.6) is 11.5 Å². The molecule has 0 fully saturated rings. The van der Waals surface area contributed by atoms with Crippen molar-refractivity contribution in [2.24, 2.45) is 0 Å². The summed E-state index contributed by atoms with van der Waals surface area (Å²) in [5.41, 5.74) is 14.7. The van der Waals surface area contributed by atoms with Crippen molar-refractivity contribution in [3.63, 3.8) is 0 Å². The number of ether oxygens (including phenoxy) is 1. The molecule has 0 amide bonds. The molecule has 0 bridgehead atoms. The summed E-state index contributed by atoms with van der Waals surface area (Å²) in [4.78, 5) is 0. The molecule has 3 nitrogen and oxygen atoms in total. The van der Waals surface area contributed by atoms with Gasteiger partial charge in [-0.1, -0.05) is 127 Å². The van der Waals surface area contributed by atoms with Gasteiger partial charge in [-0.05, 0) is 105 Å². The van der Waals surface area contributed by atoms with Crippen LogP contribution in [0.1, 0.15) is 22.3 Å². The lowest BCUT2D eigenvalue weighted by molar-refractivity contribution is 0.436. The van der Waals surface area contributed by atoms with Gasteiger partial charge in [0.1, 0.15) is 22.7 Å². The maximum atomic E-state index is 6.56. The highest BCUT2D eigenvalue weighted by Crippen LogP contribution is 2.62. The zero-order valence-corrected chi connectivity index (χ0v) is 30.2. The van der Waals surface area contributed by atoms with Crippen LogP contribution in [0.15, 0.2) is 192 Å². The number of fused-ring (bicyclic) bond motifs is 17. The lowest BCUT2D eigenvalue weighted by Crippen LogP contribution is -2.32. The molecule has 13 rings (SSSR count). The van der Waals surface area contributed by atoms with E-state index in [1.807, 2.05) is 12.1 Å². The van der Waals surface area contributed by atoms with E-state index in [9.17, 15) is 0 Å². The maximum absolute atomic E-state index is 6.56. The van der Waals surface area contributed by atoms with Crippen LogP contribution >= 0.6 is 0 Å². The van der Waals surface area contributed by atoms with Crippen LogP contribution in [0.25, 0.3) is 82.5 Å². The highest BCUT2D eigenvalue weighted by Gasteiger charge is 2.50. The van der Waals surface area contributed by atoms with Crippen LogP contribution < -0.4 is 4.74 Å². The lowest BCUT2D eigenvalue weighted by Gasteiger charge is -2.39. The minimum atomic E-state index is -0.479. The molecule has 3 heteroatoms. The fraction of sp³-hybridized carbons (Fsp3) is 0.0189. The predicted octanol–water partition coefficient (Wildman–Crippen LogP) is 14.0. The van der Waals surface area contributed by atoms with E-state index in [1.165, 1.54) is 77.1 Å². The second-order valence-electron chi connectivity index (χ2n) is 15.2. The first-order valence-corrected chi connectivity index (χ1v) is 19.2. The highest BCUT2D eigenvalue weighted by molar-refractivity contribution is 6.22. The molecule has 0 unspecified atom stereocenters. The maximum Gasteiger partial charge on any atom is 0.135 e. The van der Waals surface area contributed by atoms with E-state index >= 15 is 0 Å². The number of nitrogens with zero attached hydrogens (tertiary/aromatic N) is 1. The minimum Gasteiger partial charge on any atom is -0.457 e. The second kappa shape index (κ2) is 10.9. The van der Waals surface area contributed by atoms with E-state index in [0.29, 0.717) is 0 Å². The number of furan rings is 1. The van der Waals surface area contributed by atoms with Crippen molar-refractivity contribution in [2.75, 3.05) is 0 Å². The first-order valence-electron chi connectivity index (χ1n) is 19.2. The molecule has 2 aliphatic rings. The Morgan fingerprint density at radius 2 is 1.04 bits per heavy atom. The molecule has 1 aliphatic carbocycles. The van der Waals surface area contributed by atoms with E-state index in [1.54, 1.807) is 0 Å². The van der Waals surface area contributed by atoms with Gasteiger partial charge in [-0.2, -0.15) is 0 Å². The Morgan fingerprint density at radius 3 is 1.89 bits per heavy atom. The van der Waals surface area contributed by atoms with Gasteiger partial charge in [-0.3, -0.25) is 0 Å². The summed E-state index contributed by atoms with van der Waals surface area (Å²) in [6.07, 6.45) is 0. The Morgan fingerprint density at radius 1 is 0.393 bits per heavy atom. The Hall–Kier alpha value is -7.36. The van der Waals surface area contributed by atoms with Crippen LogP contribution in [-0.2, 0) is 5.41 Å². The standard InChI is InChI=1S/C53H31NO2/c1-2-12-36-32(11-1)22-27-47-52(36)41-30-34(23-26-46(41)54(47)35-24-28-49-40(31-35)38-14-4-8-18-48(38)55-49)33-21-25-43-39(29-33)37-13-3-5-15-42(37)53(43)44-16-6-9-19-50(44)56-51-20-10-7-17-45(51)53/h1-31H. The summed E-state index contributed by atoms with van der Waals surface area (Å²) < 4.78 is 15.2. The van der Waals surface area contributed by atoms with Gasteiger partial charge < -0.3 is 13.7 Å². The van der Waals surface area contributed by atoms with Gasteiger partial charge in [0.2, 0.25) is 0 Å². The third-order valence-corrected chi connectivity index (χ3v) is 12.5. The molecule has 1 spiro atoms. The normalized spacial score (nSPS) is 13.6. The summed E-state index contributed by atoms with van der Waals surface area (Å²) in [6, 6.07) is 68.3. The lowest BCUT2D eigenvalue weighted by atomic mass is 9.66. The van der Waals surface area contributed by atoms with Crippen molar-refractivity contribution in [1.29, 1.82) is 0 Å². The minimum absolute atomic E-state index is 0.479. The van der Waals surface area contributed by atoms with Gasteiger partial charge in [0.05, 0.1) is 16.4 Å². The molecule has 1 aliphatic heterocycles. The summed E-state index contributed by atoms with van der Waals surface area (Å²) in [5, 5.41) is 7.23. The summed E-state index contributed by atoms with van der Waals surface area (Å²) in [6.45, 7) is 0. The van der Waals surface area contributed by atoms with Crippen LogP contribution in [0.3, 0.4) is 0 Å². The fourth-order valence-corrected chi connectivity index (χ4v) is 10.1. The van der Waals surface area contributed by atoms with Crippen molar-refractivity contribution < 1.29 is 9.15 Å². The van der Waals surface area contributed by atoms with Crippen molar-refractivity contribution in [2.45, 2.75) is 5.41 Å². The molecule has 11 aromatic rings. The molecule has 56 heavy (non-hydrogen) atoms. The SMILES string of the molecule is c1ccc2c(c1)Oc1ccccc1C21c2ccccc2-c2cc(-c3ccc4c(c3)c3c5ccccc5ccc3n4-c3ccc4oc5ccccc5c4c3)ccc21. The molecule has 3 heterocycles. The topological polar surface area (TPSA) is 27.3 Å². The number of hydrogen-bond acceptors (Lipinski definition) is 2. The first kappa shape index (κ1) is 30.0. The number of para-hydroxylation sites is 3. The quantitative estimate of drug-likeness (QED) is 0.178. The first-order chi connectivity index (χ1) is 27.8. The van der Waals surface area contributed by atoms with Gasteiger partial charge in [-0.15, -0.1) is 0 Å². The van der Waals surface area contributed by atoms with Gasteiger partial charge in [0, 0.05) is 38.4 Å². The van der Waals surface area contributed by atoms with Gasteiger partial charge >= 0.3 is 0 Å². The van der Waals surface area contributed by atoms with Crippen LogP contribution in [0.2, 0.25) is 0 Å². The molecule has 0 N–H and O–H groups in total. The van der Waals surface area contributed by atoms with E-state index in [-0.39, 0.29) is 0 Å². The van der Waals surface area contributed by atoms with Gasteiger partial charge in [-0.25, -0.2) is 0 Å². The van der Waals surface area contributed by atoms with Gasteiger partial charge in [0.25, 0.3) is 0 Å². The molecule has 0 radical (unpaired) electrons. The molecular formula is C53H31NO2. The molecule has 9 aromatic carbocycles. The Labute approximate surface area is 322 Å². The van der Waals surface area contributed by atoms with E-state index < -0.39 is 5.41 Å². The number of benzene rings is 9. The fourth-order valence-electron chi connectivity index (χ4n) is 10.1. The van der Waals surface area contributed by atoms with Crippen molar-refractivity contribution >= 4 is 54.5 Å². The van der Waals surface area contributed by atoms with Crippen molar-refractivity contribution in [1.82, 2.24) is 4.57 Å². The zero-order valence-electron chi connectivity index (χ0n) is 30.2. The molecule has 0 saturated heterocycles. The molecule has 2 aromatic heterocycles. The molecule has 260 valence electrons. The summed E-state index contributed by atoms with van der Waals surface area (Å²) in [5.74, 6) is 1.82. The Balaban J connectivity index is 1.05. The van der Waals surface area contributed by atoms with Crippen LogP contribution in [-0.4, -0.2) is 4.57 Å². The van der Waals surface area contributed by atoms with Crippen molar-refractivity contribution in [3.05, 3.63) is 210 Å². The average Bonchev–Trinajstić information content (AvgIpc) is 3.90. The average molecular weight is 714 g/mol. The summed E-state index contributed by atoms with van der Waals surface area (Å²) in [7, 11) is 0.